The summed E-state index contributed by atoms with van der Waals surface area (Å²) in [5, 5.41) is 1.36. The number of hydrogen-bond acceptors (Lipinski definition) is 0. The Morgan fingerprint density at radius 1 is 0.947 bits per heavy atom. The van der Waals surface area contributed by atoms with Crippen LogP contribution in [0, 0.1) is 0 Å². The minimum Gasteiger partial charge on any atom is -0.299 e. The highest BCUT2D eigenvalue weighted by Gasteiger charge is 2.31. The van der Waals surface area contributed by atoms with Gasteiger partial charge in [-0.25, -0.2) is 0 Å². The standard InChI is InChI=1S/C17H17N2/c1-19(16-8-3-2-4-9-16)12-15-7-5-6-14-10-11-18(13-19)17(14)15/h2-11H,12-13H2,1H3/q+1. The van der Waals surface area contributed by atoms with Gasteiger partial charge in [-0.1, -0.05) is 36.4 Å². The molecule has 1 aliphatic rings. The first-order valence-corrected chi connectivity index (χ1v) is 6.73. The first-order chi connectivity index (χ1) is 9.26. The van der Waals surface area contributed by atoms with Crippen LogP contribution in [0.25, 0.3) is 10.9 Å². The highest BCUT2D eigenvalue weighted by atomic mass is 15.4. The lowest BCUT2D eigenvalue weighted by Gasteiger charge is -2.38. The van der Waals surface area contributed by atoms with E-state index in [2.05, 4.69) is 72.4 Å². The molecule has 2 heteroatoms. The molecule has 0 N–H and O–H groups in total. The molecular formula is C17H17N2+. The average Bonchev–Trinajstić information content (AvgIpc) is 2.84. The van der Waals surface area contributed by atoms with Gasteiger partial charge in [-0.15, -0.1) is 0 Å². The van der Waals surface area contributed by atoms with Crippen LogP contribution >= 0.6 is 0 Å². The molecule has 2 heterocycles. The molecule has 0 aliphatic carbocycles. The van der Waals surface area contributed by atoms with E-state index in [1.54, 1.807) is 0 Å². The van der Waals surface area contributed by atoms with Gasteiger partial charge in [-0.05, 0) is 18.2 Å². The molecule has 0 spiro atoms. The van der Waals surface area contributed by atoms with E-state index in [0.717, 1.165) is 17.7 Å². The predicted molar refractivity (Wildman–Crippen MR) is 79.8 cm³/mol. The fraction of sp³-hybridized carbons (Fsp3) is 0.176. The SMILES string of the molecule is C[N+]1(c2ccccc2)Cc2cccc3ccn(c23)C1. The topological polar surface area (TPSA) is 4.93 Å². The summed E-state index contributed by atoms with van der Waals surface area (Å²) < 4.78 is 3.32. The van der Waals surface area contributed by atoms with Gasteiger partial charge in [0.25, 0.3) is 0 Å². The second kappa shape index (κ2) is 3.72. The van der Waals surface area contributed by atoms with Crippen molar-refractivity contribution < 1.29 is 0 Å². The molecule has 0 saturated carbocycles. The van der Waals surface area contributed by atoms with Crippen molar-refractivity contribution >= 4 is 16.6 Å². The maximum Gasteiger partial charge on any atom is 0.163 e. The van der Waals surface area contributed by atoms with E-state index >= 15 is 0 Å². The van der Waals surface area contributed by atoms with Gasteiger partial charge in [0.1, 0.15) is 12.2 Å². The van der Waals surface area contributed by atoms with Gasteiger partial charge in [-0.3, -0.25) is 9.05 Å². The zero-order chi connectivity index (χ0) is 12.9. The second-order valence-electron chi connectivity index (χ2n) is 5.67. The van der Waals surface area contributed by atoms with Gasteiger partial charge in [0.05, 0.1) is 12.6 Å². The number of benzene rings is 2. The molecule has 0 amide bonds. The molecule has 1 aromatic heterocycles. The molecule has 19 heavy (non-hydrogen) atoms. The van der Waals surface area contributed by atoms with E-state index in [4.69, 9.17) is 0 Å². The van der Waals surface area contributed by atoms with E-state index in [1.165, 1.54) is 22.2 Å². The summed E-state index contributed by atoms with van der Waals surface area (Å²) in [5.74, 6) is 0. The summed E-state index contributed by atoms with van der Waals surface area (Å²) >= 11 is 0. The van der Waals surface area contributed by atoms with Crippen molar-refractivity contribution in [1.82, 2.24) is 9.05 Å². The molecule has 0 fully saturated rings. The van der Waals surface area contributed by atoms with Crippen molar-refractivity contribution in [2.45, 2.75) is 13.2 Å². The summed E-state index contributed by atoms with van der Waals surface area (Å²) in [6.07, 6.45) is 2.22. The Kier molecular flexibility index (Phi) is 2.12. The van der Waals surface area contributed by atoms with Gasteiger partial charge in [0.2, 0.25) is 0 Å². The molecule has 2 nitrogen and oxygen atoms in total. The highest BCUT2D eigenvalue weighted by Crippen LogP contribution is 2.33. The first-order valence-electron chi connectivity index (χ1n) is 6.73. The summed E-state index contributed by atoms with van der Waals surface area (Å²) in [4.78, 5) is 0. The molecule has 94 valence electrons. The molecule has 0 radical (unpaired) electrons. The van der Waals surface area contributed by atoms with Crippen LogP contribution in [-0.2, 0) is 13.2 Å². The molecule has 2 aromatic carbocycles. The van der Waals surface area contributed by atoms with Crippen LogP contribution in [0.2, 0.25) is 0 Å². The van der Waals surface area contributed by atoms with Crippen molar-refractivity contribution in [1.29, 1.82) is 0 Å². The molecule has 1 atom stereocenters. The Balaban J connectivity index is 1.89. The van der Waals surface area contributed by atoms with Crippen LogP contribution in [0.1, 0.15) is 5.56 Å². The van der Waals surface area contributed by atoms with Gasteiger partial charge >= 0.3 is 0 Å². The Hall–Kier alpha value is -2.06. The number of nitrogens with zero attached hydrogens (tertiary/aromatic N) is 2. The summed E-state index contributed by atoms with van der Waals surface area (Å²) in [7, 11) is 2.32. The quantitative estimate of drug-likeness (QED) is 0.579. The molecule has 3 aromatic rings. The van der Waals surface area contributed by atoms with Gasteiger partial charge in [0, 0.05) is 17.1 Å². The van der Waals surface area contributed by atoms with E-state index in [1.807, 2.05) is 0 Å². The minimum atomic E-state index is 0.932. The van der Waals surface area contributed by atoms with E-state index in [0.29, 0.717) is 0 Å². The first kappa shape index (κ1) is 10.8. The van der Waals surface area contributed by atoms with Crippen LogP contribution < -0.4 is 4.48 Å². The maximum absolute atomic E-state index is 2.39. The van der Waals surface area contributed by atoms with Crippen LogP contribution in [0.5, 0.6) is 0 Å². The predicted octanol–water partition coefficient (Wildman–Crippen LogP) is 3.75. The number of aromatic nitrogens is 1. The second-order valence-corrected chi connectivity index (χ2v) is 5.67. The molecular weight excluding hydrogens is 232 g/mol. The van der Waals surface area contributed by atoms with Gasteiger partial charge in [0.15, 0.2) is 6.67 Å². The van der Waals surface area contributed by atoms with Crippen molar-refractivity contribution in [2.75, 3.05) is 7.05 Å². The number of para-hydroxylation sites is 2. The largest absolute Gasteiger partial charge is 0.299 e. The zero-order valence-corrected chi connectivity index (χ0v) is 11.1. The highest BCUT2D eigenvalue weighted by molar-refractivity contribution is 5.84. The van der Waals surface area contributed by atoms with Crippen molar-refractivity contribution in [3.05, 3.63) is 66.4 Å². The molecule has 4 rings (SSSR count). The van der Waals surface area contributed by atoms with E-state index < -0.39 is 0 Å². The fourth-order valence-corrected chi connectivity index (χ4v) is 3.31. The van der Waals surface area contributed by atoms with Crippen LogP contribution in [0.15, 0.2) is 60.8 Å². The monoisotopic (exact) mass is 249 g/mol. The Morgan fingerprint density at radius 2 is 1.79 bits per heavy atom. The van der Waals surface area contributed by atoms with Crippen LogP contribution in [-0.4, -0.2) is 11.6 Å². The normalized spacial score (nSPS) is 21.7. The smallest absolute Gasteiger partial charge is 0.163 e. The lowest BCUT2D eigenvalue weighted by Crippen LogP contribution is -2.47. The van der Waals surface area contributed by atoms with E-state index in [-0.39, 0.29) is 0 Å². The third kappa shape index (κ3) is 1.53. The van der Waals surface area contributed by atoms with Crippen molar-refractivity contribution in [3.63, 3.8) is 0 Å². The fourth-order valence-electron chi connectivity index (χ4n) is 3.31. The van der Waals surface area contributed by atoms with Gasteiger partial charge in [-0.2, -0.15) is 0 Å². The molecule has 0 saturated heterocycles. The number of rotatable bonds is 1. The minimum absolute atomic E-state index is 0.932. The third-order valence-electron chi connectivity index (χ3n) is 4.24. The third-order valence-corrected chi connectivity index (χ3v) is 4.24. The van der Waals surface area contributed by atoms with E-state index in [9.17, 15) is 0 Å². The molecule has 1 aliphatic heterocycles. The maximum atomic E-state index is 2.39. The Bertz CT molecular complexity index is 742. The Labute approximate surface area is 113 Å². The molecule has 1 unspecified atom stereocenters. The summed E-state index contributed by atoms with van der Waals surface area (Å²) in [6, 6.07) is 19.7. The number of hydrogen-bond donors (Lipinski definition) is 0. The Morgan fingerprint density at radius 3 is 2.63 bits per heavy atom. The average molecular weight is 249 g/mol. The van der Waals surface area contributed by atoms with Crippen molar-refractivity contribution in [2.24, 2.45) is 0 Å². The van der Waals surface area contributed by atoms with Gasteiger partial charge < -0.3 is 0 Å². The summed E-state index contributed by atoms with van der Waals surface area (Å²) in [6.45, 7) is 2.07. The van der Waals surface area contributed by atoms with Crippen LogP contribution in [0.4, 0.5) is 5.69 Å². The lowest BCUT2D eigenvalue weighted by molar-refractivity contribution is 0.252. The zero-order valence-electron chi connectivity index (χ0n) is 11.1. The van der Waals surface area contributed by atoms with Crippen LogP contribution in [0.3, 0.4) is 0 Å². The molecule has 0 bridgehead atoms. The number of quaternary nitrogens is 1. The van der Waals surface area contributed by atoms with Crippen molar-refractivity contribution in [3.8, 4) is 0 Å². The summed E-state index contributed by atoms with van der Waals surface area (Å²) in [5.41, 5.74) is 4.23. The lowest BCUT2D eigenvalue weighted by atomic mass is 10.1.